The van der Waals surface area contributed by atoms with E-state index in [1.165, 1.54) is 11.5 Å². The lowest BCUT2D eigenvalue weighted by Gasteiger charge is -2.34. The molecule has 1 aromatic carbocycles. The first kappa shape index (κ1) is 14.9. The number of aromatic nitrogens is 1. The summed E-state index contributed by atoms with van der Waals surface area (Å²) in [6.45, 7) is 3.35. The number of amides is 2. The topological polar surface area (TPSA) is 73.7 Å². The normalized spacial score (nSPS) is 15.4. The van der Waals surface area contributed by atoms with E-state index >= 15 is 0 Å². The zero-order chi connectivity index (χ0) is 15.7. The van der Waals surface area contributed by atoms with Crippen molar-refractivity contribution in [3.05, 3.63) is 29.5 Å². The highest BCUT2D eigenvalue weighted by Gasteiger charge is 2.26. The van der Waals surface area contributed by atoms with E-state index in [-0.39, 0.29) is 11.8 Å². The Hall–Kier alpha value is -1.99. The number of fused-ring (bicyclic) bond motifs is 1. The van der Waals surface area contributed by atoms with Crippen LogP contribution in [0.5, 0.6) is 0 Å². The maximum atomic E-state index is 12.6. The fourth-order valence-electron chi connectivity index (χ4n) is 2.62. The van der Waals surface area contributed by atoms with E-state index in [1.54, 1.807) is 9.80 Å². The number of aryl methyl sites for hydroxylation is 1. The number of carbonyl (C=O) groups is 2. The van der Waals surface area contributed by atoms with Gasteiger partial charge in [0.2, 0.25) is 5.91 Å². The van der Waals surface area contributed by atoms with Crippen LogP contribution < -0.4 is 0 Å². The van der Waals surface area contributed by atoms with Crippen molar-refractivity contribution in [2.24, 2.45) is 0 Å². The second-order valence-electron chi connectivity index (χ2n) is 5.36. The Labute approximate surface area is 132 Å². The van der Waals surface area contributed by atoms with Crippen molar-refractivity contribution in [2.45, 2.75) is 6.92 Å². The fourth-order valence-corrected chi connectivity index (χ4v) is 3.36. The van der Waals surface area contributed by atoms with Gasteiger partial charge >= 0.3 is 0 Å². The Balaban J connectivity index is 1.77. The van der Waals surface area contributed by atoms with Crippen LogP contribution in [0.15, 0.2) is 18.2 Å². The van der Waals surface area contributed by atoms with Gasteiger partial charge in [0.1, 0.15) is 12.3 Å². The molecule has 2 aromatic rings. The first-order valence-electron chi connectivity index (χ1n) is 7.14. The number of piperazine rings is 1. The zero-order valence-corrected chi connectivity index (χ0v) is 13.1. The van der Waals surface area contributed by atoms with Gasteiger partial charge in [0.15, 0.2) is 0 Å². The summed E-state index contributed by atoms with van der Waals surface area (Å²) in [5.74, 6) is -0.380. The molecule has 1 aromatic heterocycles. The average molecular weight is 319 g/mol. The summed E-state index contributed by atoms with van der Waals surface area (Å²) in [6.07, 6.45) is 0. The third kappa shape index (κ3) is 2.69. The lowest BCUT2D eigenvalue weighted by atomic mass is 10.1. The number of benzene rings is 1. The van der Waals surface area contributed by atoms with E-state index < -0.39 is 6.61 Å². The minimum atomic E-state index is -0.482. The molecule has 7 heteroatoms. The first-order valence-corrected chi connectivity index (χ1v) is 7.91. The van der Waals surface area contributed by atoms with E-state index in [9.17, 15) is 9.59 Å². The van der Waals surface area contributed by atoms with Gasteiger partial charge in [-0.25, -0.2) is 0 Å². The molecule has 0 unspecified atom stereocenters. The molecule has 6 nitrogen and oxygen atoms in total. The monoisotopic (exact) mass is 319 g/mol. The number of hydrogen-bond donors (Lipinski definition) is 1. The Morgan fingerprint density at radius 3 is 2.59 bits per heavy atom. The molecule has 1 saturated heterocycles. The fraction of sp³-hybridized carbons (Fsp3) is 0.400. The van der Waals surface area contributed by atoms with E-state index in [0.717, 1.165) is 15.6 Å². The van der Waals surface area contributed by atoms with E-state index in [2.05, 4.69) is 4.37 Å². The summed E-state index contributed by atoms with van der Waals surface area (Å²) < 4.78 is 5.31. The van der Waals surface area contributed by atoms with Crippen LogP contribution in [0.2, 0.25) is 0 Å². The molecule has 0 aliphatic carbocycles. The molecule has 2 amide bonds. The lowest BCUT2D eigenvalue weighted by Crippen LogP contribution is -2.51. The van der Waals surface area contributed by atoms with Gasteiger partial charge in [0.25, 0.3) is 5.91 Å². The second-order valence-corrected chi connectivity index (χ2v) is 6.17. The SMILES string of the molecule is Cc1ccc2snc(C(=O)N3CCN(C(=O)CO)CC3)c2c1. The molecule has 0 radical (unpaired) electrons. The van der Waals surface area contributed by atoms with Gasteiger partial charge in [-0.3, -0.25) is 9.59 Å². The van der Waals surface area contributed by atoms with Gasteiger partial charge in [-0.2, -0.15) is 4.37 Å². The molecule has 0 bridgehead atoms. The molecule has 3 rings (SSSR count). The van der Waals surface area contributed by atoms with Crippen LogP contribution in [0.1, 0.15) is 16.1 Å². The predicted octanol–water partition coefficient (Wildman–Crippen LogP) is 0.881. The third-order valence-corrected chi connectivity index (χ3v) is 4.71. The molecule has 0 atom stereocenters. The van der Waals surface area contributed by atoms with Gasteiger partial charge in [0.05, 0.1) is 4.70 Å². The zero-order valence-electron chi connectivity index (χ0n) is 12.3. The second kappa shape index (κ2) is 6.02. The quantitative estimate of drug-likeness (QED) is 0.892. The maximum absolute atomic E-state index is 12.6. The molecule has 1 aliphatic rings. The molecular formula is C15H17N3O3S. The van der Waals surface area contributed by atoms with Crippen molar-refractivity contribution in [2.75, 3.05) is 32.8 Å². The van der Waals surface area contributed by atoms with E-state index in [0.29, 0.717) is 31.9 Å². The van der Waals surface area contributed by atoms with Crippen molar-refractivity contribution >= 4 is 33.4 Å². The van der Waals surface area contributed by atoms with Crippen molar-refractivity contribution < 1.29 is 14.7 Å². The molecule has 116 valence electrons. The van der Waals surface area contributed by atoms with Crippen molar-refractivity contribution in [3.8, 4) is 0 Å². The van der Waals surface area contributed by atoms with Gasteiger partial charge in [-0.05, 0) is 30.6 Å². The van der Waals surface area contributed by atoms with Gasteiger partial charge in [-0.1, -0.05) is 11.6 Å². The first-order chi connectivity index (χ1) is 10.6. The summed E-state index contributed by atoms with van der Waals surface area (Å²) in [6, 6.07) is 5.97. The van der Waals surface area contributed by atoms with Crippen LogP contribution in [0.25, 0.3) is 10.1 Å². The lowest BCUT2D eigenvalue weighted by molar-refractivity contribution is -0.135. The van der Waals surface area contributed by atoms with Crippen molar-refractivity contribution in [3.63, 3.8) is 0 Å². The molecule has 0 spiro atoms. The van der Waals surface area contributed by atoms with Crippen molar-refractivity contribution in [1.29, 1.82) is 0 Å². The minimum Gasteiger partial charge on any atom is -0.387 e. The summed E-state index contributed by atoms with van der Waals surface area (Å²) in [5, 5.41) is 9.77. The Kier molecular flexibility index (Phi) is 4.08. The summed E-state index contributed by atoms with van der Waals surface area (Å²) in [7, 11) is 0. The number of nitrogens with zero attached hydrogens (tertiary/aromatic N) is 3. The molecular weight excluding hydrogens is 302 g/mol. The third-order valence-electron chi connectivity index (χ3n) is 3.88. The van der Waals surface area contributed by atoms with Crippen LogP contribution in [-0.4, -0.2) is 63.9 Å². The molecule has 1 N–H and O–H groups in total. The Morgan fingerprint density at radius 2 is 1.91 bits per heavy atom. The summed E-state index contributed by atoms with van der Waals surface area (Å²) in [5.41, 5.74) is 1.59. The summed E-state index contributed by atoms with van der Waals surface area (Å²) in [4.78, 5) is 27.4. The number of aliphatic hydroxyl groups is 1. The number of aliphatic hydroxyl groups excluding tert-OH is 1. The van der Waals surface area contributed by atoms with Gasteiger partial charge in [0, 0.05) is 31.6 Å². The van der Waals surface area contributed by atoms with Crippen molar-refractivity contribution in [1.82, 2.24) is 14.2 Å². The van der Waals surface area contributed by atoms with E-state index in [1.807, 2.05) is 25.1 Å². The van der Waals surface area contributed by atoms with Gasteiger partial charge < -0.3 is 14.9 Å². The van der Waals surface area contributed by atoms with Crippen LogP contribution in [-0.2, 0) is 4.79 Å². The minimum absolute atomic E-state index is 0.0899. The molecule has 0 saturated carbocycles. The smallest absolute Gasteiger partial charge is 0.274 e. The molecule has 22 heavy (non-hydrogen) atoms. The summed E-state index contributed by atoms with van der Waals surface area (Å²) >= 11 is 1.33. The van der Waals surface area contributed by atoms with Crippen LogP contribution >= 0.6 is 11.5 Å². The van der Waals surface area contributed by atoms with E-state index in [4.69, 9.17) is 5.11 Å². The predicted molar refractivity (Wildman–Crippen MR) is 83.9 cm³/mol. The largest absolute Gasteiger partial charge is 0.387 e. The highest BCUT2D eigenvalue weighted by atomic mass is 32.1. The Morgan fingerprint density at radius 1 is 1.23 bits per heavy atom. The average Bonchev–Trinajstić information content (AvgIpc) is 2.96. The molecule has 1 fully saturated rings. The standard InChI is InChI=1S/C15H17N3O3S/c1-10-2-3-12-11(8-10)14(16-22-12)15(21)18-6-4-17(5-7-18)13(20)9-19/h2-3,8,19H,4-7,9H2,1H3. The van der Waals surface area contributed by atoms with Gasteiger partial charge in [-0.15, -0.1) is 0 Å². The number of hydrogen-bond acceptors (Lipinski definition) is 5. The number of rotatable bonds is 2. The highest BCUT2D eigenvalue weighted by molar-refractivity contribution is 7.13. The van der Waals surface area contributed by atoms with Crippen LogP contribution in [0.3, 0.4) is 0 Å². The van der Waals surface area contributed by atoms with Crippen LogP contribution in [0.4, 0.5) is 0 Å². The Bertz CT molecular complexity index is 720. The van der Waals surface area contributed by atoms with Crippen LogP contribution in [0, 0.1) is 6.92 Å². The highest BCUT2D eigenvalue weighted by Crippen LogP contribution is 2.25. The molecule has 1 aliphatic heterocycles. The molecule has 2 heterocycles. The number of carbonyl (C=O) groups excluding carboxylic acids is 2. The maximum Gasteiger partial charge on any atom is 0.274 e.